The molecule has 0 atom stereocenters. The van der Waals surface area contributed by atoms with E-state index in [0.29, 0.717) is 5.69 Å². The lowest BCUT2D eigenvalue weighted by molar-refractivity contribution is 0.00578. The fourth-order valence-corrected chi connectivity index (χ4v) is 2.95. The predicted octanol–water partition coefficient (Wildman–Crippen LogP) is 2.44. The van der Waals surface area contributed by atoms with E-state index in [-0.39, 0.29) is 0 Å². The van der Waals surface area contributed by atoms with E-state index in [9.17, 15) is 8.42 Å². The number of aryl methyl sites for hydroxylation is 1. The molecule has 0 amide bonds. The first-order chi connectivity index (χ1) is 10.3. The smallest absolute Gasteiger partial charge is 0.399 e. The Hall–Kier alpha value is -1.05. The van der Waals surface area contributed by atoms with Gasteiger partial charge < -0.3 is 9.31 Å². The van der Waals surface area contributed by atoms with Crippen LogP contribution in [0.15, 0.2) is 18.2 Å². The van der Waals surface area contributed by atoms with E-state index in [1.807, 2.05) is 40.7 Å². The summed E-state index contributed by atoms with van der Waals surface area (Å²) in [7, 11) is -3.90. The van der Waals surface area contributed by atoms with Gasteiger partial charge in [-0.2, -0.15) is 0 Å². The van der Waals surface area contributed by atoms with Crippen LogP contribution in [0.25, 0.3) is 0 Å². The number of sulfonamides is 1. The number of anilines is 1. The highest BCUT2D eigenvalue weighted by atomic mass is 32.2. The second-order valence-corrected chi connectivity index (χ2v) is 9.65. The maximum atomic E-state index is 12.1. The first kappa shape index (κ1) is 18.3. The summed E-state index contributed by atoms with van der Waals surface area (Å²) in [6, 6.07) is 5.53. The summed E-state index contributed by atoms with van der Waals surface area (Å²) in [5.74, 6) is 0. The molecule has 0 bridgehead atoms. The highest BCUT2D eigenvalue weighted by Crippen LogP contribution is 2.36. The first-order valence-corrected chi connectivity index (χ1v) is 9.37. The van der Waals surface area contributed by atoms with Crippen LogP contribution >= 0.6 is 0 Å². The summed E-state index contributed by atoms with van der Waals surface area (Å²) in [6.45, 7) is 13.2. The van der Waals surface area contributed by atoms with Gasteiger partial charge in [-0.05, 0) is 71.6 Å². The molecule has 5 nitrogen and oxygen atoms in total. The molecule has 0 spiro atoms. The molecule has 0 aromatic heterocycles. The van der Waals surface area contributed by atoms with Crippen molar-refractivity contribution in [3.05, 3.63) is 23.8 Å². The zero-order chi connectivity index (χ0) is 17.6. The second-order valence-electron chi connectivity index (χ2n) is 7.42. The van der Waals surface area contributed by atoms with Gasteiger partial charge >= 0.3 is 7.12 Å². The van der Waals surface area contributed by atoms with Gasteiger partial charge in [0.1, 0.15) is 0 Å². The fourth-order valence-electron chi connectivity index (χ4n) is 2.27. The Kier molecular flexibility index (Phi) is 4.61. The summed E-state index contributed by atoms with van der Waals surface area (Å²) in [5, 5.41) is -0.497. The third-order valence-corrected chi connectivity index (χ3v) is 6.27. The minimum Gasteiger partial charge on any atom is -0.399 e. The van der Waals surface area contributed by atoms with Crippen LogP contribution < -0.4 is 10.2 Å². The lowest BCUT2D eigenvalue weighted by Crippen LogP contribution is -2.41. The van der Waals surface area contributed by atoms with Crippen molar-refractivity contribution < 1.29 is 17.7 Å². The van der Waals surface area contributed by atoms with Crippen molar-refractivity contribution in [3.63, 3.8) is 0 Å². The molecule has 1 aromatic carbocycles. The molecule has 7 heteroatoms. The Morgan fingerprint density at radius 3 is 2.04 bits per heavy atom. The number of hydrogen-bond acceptors (Lipinski definition) is 4. The van der Waals surface area contributed by atoms with Gasteiger partial charge in [0, 0.05) is 5.69 Å². The van der Waals surface area contributed by atoms with Gasteiger partial charge in [0.25, 0.3) is 0 Å². The minimum absolute atomic E-state index is 0.432. The highest BCUT2D eigenvalue weighted by molar-refractivity contribution is 7.93. The number of hydrogen-bond donors (Lipinski definition) is 1. The molecule has 0 saturated carbocycles. The summed E-state index contributed by atoms with van der Waals surface area (Å²) in [5.41, 5.74) is 1.42. The van der Waals surface area contributed by atoms with Crippen LogP contribution in [-0.4, -0.2) is 32.0 Å². The molecule has 0 unspecified atom stereocenters. The van der Waals surface area contributed by atoms with Crippen LogP contribution in [0.1, 0.15) is 47.1 Å². The summed E-state index contributed by atoms with van der Waals surface area (Å²) in [4.78, 5) is 0. The zero-order valence-electron chi connectivity index (χ0n) is 14.9. The number of nitrogens with one attached hydrogen (secondary N) is 1. The number of rotatable bonds is 4. The molecule has 0 radical (unpaired) electrons. The van der Waals surface area contributed by atoms with Crippen molar-refractivity contribution in [2.45, 2.75) is 64.9 Å². The molecule has 1 heterocycles. The van der Waals surface area contributed by atoms with Crippen LogP contribution in [0.2, 0.25) is 0 Å². The average Bonchev–Trinajstić information content (AvgIpc) is 2.57. The summed E-state index contributed by atoms with van der Waals surface area (Å²) >= 11 is 0. The largest absolute Gasteiger partial charge is 0.494 e. The molecular formula is C16H26BNO4S. The van der Waals surface area contributed by atoms with Gasteiger partial charge in [-0.15, -0.1) is 0 Å². The predicted molar refractivity (Wildman–Crippen MR) is 94.6 cm³/mol. The maximum absolute atomic E-state index is 12.1. The van der Waals surface area contributed by atoms with Gasteiger partial charge in [0.15, 0.2) is 0 Å². The molecule has 2 rings (SSSR count). The first-order valence-electron chi connectivity index (χ1n) is 7.83. The summed E-state index contributed by atoms with van der Waals surface area (Å²) in [6.07, 6.45) is 0. The van der Waals surface area contributed by atoms with Crippen LogP contribution in [0.5, 0.6) is 0 Å². The third-order valence-electron chi connectivity index (χ3n) is 4.51. The Bertz CT molecular complexity index is 682. The molecule has 128 valence electrons. The van der Waals surface area contributed by atoms with Crippen molar-refractivity contribution in [1.82, 2.24) is 0 Å². The molecule has 0 aliphatic carbocycles. The maximum Gasteiger partial charge on any atom is 0.494 e. The monoisotopic (exact) mass is 339 g/mol. The Morgan fingerprint density at radius 2 is 1.57 bits per heavy atom. The lowest BCUT2D eigenvalue weighted by Gasteiger charge is -2.32. The average molecular weight is 339 g/mol. The van der Waals surface area contributed by atoms with Gasteiger partial charge in [0.2, 0.25) is 10.0 Å². The van der Waals surface area contributed by atoms with E-state index in [4.69, 9.17) is 9.31 Å². The van der Waals surface area contributed by atoms with E-state index in [1.165, 1.54) is 0 Å². The van der Waals surface area contributed by atoms with Crippen molar-refractivity contribution in [2.24, 2.45) is 0 Å². The van der Waals surface area contributed by atoms with Crippen molar-refractivity contribution in [1.29, 1.82) is 0 Å². The van der Waals surface area contributed by atoms with Crippen LogP contribution in [-0.2, 0) is 19.3 Å². The Balaban J connectivity index is 2.33. The van der Waals surface area contributed by atoms with Crippen molar-refractivity contribution in [2.75, 3.05) is 4.72 Å². The minimum atomic E-state index is -3.39. The molecule has 1 saturated heterocycles. The number of benzene rings is 1. The van der Waals surface area contributed by atoms with E-state index in [2.05, 4.69) is 4.72 Å². The van der Waals surface area contributed by atoms with Crippen molar-refractivity contribution in [3.8, 4) is 0 Å². The Morgan fingerprint density at radius 1 is 1.04 bits per heavy atom. The fraction of sp³-hybridized carbons (Fsp3) is 0.625. The van der Waals surface area contributed by atoms with E-state index >= 15 is 0 Å². The van der Waals surface area contributed by atoms with Gasteiger partial charge in [0.05, 0.1) is 16.5 Å². The molecular weight excluding hydrogens is 313 g/mol. The van der Waals surface area contributed by atoms with E-state index in [1.54, 1.807) is 26.0 Å². The van der Waals surface area contributed by atoms with Crippen LogP contribution in [0.4, 0.5) is 5.69 Å². The zero-order valence-corrected chi connectivity index (χ0v) is 15.7. The summed E-state index contributed by atoms with van der Waals surface area (Å²) < 4.78 is 38.9. The quantitative estimate of drug-likeness (QED) is 0.856. The standard InChI is InChI=1S/C16H26BNO4S/c1-11(2)23(19,20)18-14-9-12(3)8-13(10-14)17-21-15(4,5)16(6,7)22-17/h8-11,18H,1-7H3. The van der Waals surface area contributed by atoms with E-state index < -0.39 is 33.6 Å². The molecule has 23 heavy (non-hydrogen) atoms. The van der Waals surface area contributed by atoms with E-state index in [0.717, 1.165) is 11.0 Å². The van der Waals surface area contributed by atoms with Crippen LogP contribution in [0, 0.1) is 6.92 Å². The van der Waals surface area contributed by atoms with Gasteiger partial charge in [-0.25, -0.2) is 8.42 Å². The van der Waals surface area contributed by atoms with Crippen LogP contribution in [0.3, 0.4) is 0 Å². The second kappa shape index (κ2) is 5.79. The van der Waals surface area contributed by atoms with Crippen molar-refractivity contribution >= 4 is 28.3 Å². The molecule has 1 aliphatic heterocycles. The van der Waals surface area contributed by atoms with Gasteiger partial charge in [-0.1, -0.05) is 6.07 Å². The topological polar surface area (TPSA) is 64.6 Å². The SMILES string of the molecule is Cc1cc(NS(=O)(=O)C(C)C)cc(B2OC(C)(C)C(C)(C)O2)c1. The normalized spacial score (nSPS) is 20.1. The molecule has 1 fully saturated rings. The molecule has 1 aromatic rings. The Labute approximate surface area is 140 Å². The lowest BCUT2D eigenvalue weighted by atomic mass is 9.78. The molecule has 1 aliphatic rings. The van der Waals surface area contributed by atoms with Gasteiger partial charge in [-0.3, -0.25) is 4.72 Å². The highest BCUT2D eigenvalue weighted by Gasteiger charge is 2.51. The molecule has 1 N–H and O–H groups in total. The third kappa shape index (κ3) is 3.73.